The lowest BCUT2D eigenvalue weighted by Gasteiger charge is -2.18. The van der Waals surface area contributed by atoms with Crippen LogP contribution >= 0.6 is 0 Å². The highest BCUT2D eigenvalue weighted by Crippen LogP contribution is 2.31. The van der Waals surface area contributed by atoms with Gasteiger partial charge in [0.1, 0.15) is 0 Å². The van der Waals surface area contributed by atoms with E-state index in [1.165, 1.54) is 6.07 Å². The van der Waals surface area contributed by atoms with Crippen LogP contribution in [-0.2, 0) is 0 Å². The summed E-state index contributed by atoms with van der Waals surface area (Å²) < 4.78 is 4.66. The number of nitro groups is 1. The second-order valence-corrected chi connectivity index (χ2v) is 5.39. The Kier molecular flexibility index (Phi) is 3.38. The van der Waals surface area contributed by atoms with E-state index in [2.05, 4.69) is 36.5 Å². The molecule has 24 heavy (non-hydrogen) atoms. The van der Waals surface area contributed by atoms with Gasteiger partial charge in [0.15, 0.2) is 5.52 Å². The third-order valence-corrected chi connectivity index (χ3v) is 3.99. The first-order valence-corrected chi connectivity index (χ1v) is 7.45. The van der Waals surface area contributed by atoms with Gasteiger partial charge < -0.3 is 15.5 Å². The molecule has 2 heterocycles. The molecule has 1 aromatic heterocycles. The second-order valence-electron chi connectivity index (χ2n) is 5.39. The van der Waals surface area contributed by atoms with Crippen LogP contribution in [0.2, 0.25) is 0 Å². The monoisotopic (exact) mass is 326 g/mol. The number of fused-ring (bicyclic) bond motifs is 2. The molecular weight excluding hydrogens is 312 g/mol. The van der Waals surface area contributed by atoms with Gasteiger partial charge in [0.25, 0.3) is 0 Å². The summed E-state index contributed by atoms with van der Waals surface area (Å²) in [5.74, 6) is 0. The molecule has 0 fully saturated rings. The van der Waals surface area contributed by atoms with E-state index >= 15 is 0 Å². The number of rotatable bonds is 5. The van der Waals surface area contributed by atoms with Crippen molar-refractivity contribution in [2.75, 3.05) is 35.3 Å². The van der Waals surface area contributed by atoms with E-state index in [1.807, 2.05) is 18.2 Å². The number of hydrogen-bond donors (Lipinski definition) is 2. The Balaban J connectivity index is 1.48. The highest BCUT2D eigenvalue weighted by Gasteiger charge is 2.20. The lowest BCUT2D eigenvalue weighted by atomic mass is 10.2. The van der Waals surface area contributed by atoms with Crippen LogP contribution in [0.15, 0.2) is 41.0 Å². The molecule has 3 aromatic rings. The molecule has 9 heteroatoms. The molecule has 1 aliphatic heterocycles. The van der Waals surface area contributed by atoms with E-state index in [0.29, 0.717) is 17.7 Å². The lowest BCUT2D eigenvalue weighted by molar-refractivity contribution is -0.383. The molecule has 4 rings (SSSR count). The molecule has 0 bridgehead atoms. The van der Waals surface area contributed by atoms with Gasteiger partial charge in [-0.3, -0.25) is 10.1 Å². The van der Waals surface area contributed by atoms with Crippen molar-refractivity contribution in [1.82, 2.24) is 10.3 Å². The van der Waals surface area contributed by atoms with Crippen LogP contribution in [0.1, 0.15) is 0 Å². The van der Waals surface area contributed by atoms with Gasteiger partial charge in [-0.1, -0.05) is 12.1 Å². The molecule has 2 N–H and O–H groups in total. The molecular formula is C15H14N6O3. The first-order chi connectivity index (χ1) is 11.7. The number of benzene rings is 2. The van der Waals surface area contributed by atoms with Crippen molar-refractivity contribution in [2.24, 2.45) is 0 Å². The van der Waals surface area contributed by atoms with Gasteiger partial charge in [0.05, 0.1) is 28.7 Å². The average Bonchev–Trinajstić information content (AvgIpc) is 3.22. The number of aromatic nitrogens is 2. The maximum atomic E-state index is 11.0. The Labute approximate surface area is 136 Å². The summed E-state index contributed by atoms with van der Waals surface area (Å²) in [6.45, 7) is 2.17. The van der Waals surface area contributed by atoms with Crippen LogP contribution in [0.3, 0.4) is 0 Å². The Morgan fingerprint density at radius 3 is 2.96 bits per heavy atom. The molecule has 0 aliphatic carbocycles. The second kappa shape index (κ2) is 5.69. The number of nitrogens with one attached hydrogen (secondary N) is 2. The van der Waals surface area contributed by atoms with Crippen LogP contribution in [-0.4, -0.2) is 35.0 Å². The topological polar surface area (TPSA) is 109 Å². The van der Waals surface area contributed by atoms with Crippen molar-refractivity contribution < 1.29 is 9.55 Å². The molecule has 0 amide bonds. The summed E-state index contributed by atoms with van der Waals surface area (Å²) in [6, 6.07) is 11.2. The third-order valence-electron chi connectivity index (χ3n) is 3.99. The minimum atomic E-state index is -0.497. The van der Waals surface area contributed by atoms with Crippen molar-refractivity contribution in [3.05, 3.63) is 46.5 Å². The SMILES string of the molecule is O=[N+]([O-])c1ccc(NCCN2CNc3ccccc32)c2nonc12. The van der Waals surface area contributed by atoms with Gasteiger partial charge in [-0.25, -0.2) is 4.63 Å². The third kappa shape index (κ3) is 2.35. The number of anilines is 3. The Hall–Kier alpha value is -3.36. The highest BCUT2D eigenvalue weighted by atomic mass is 16.6. The van der Waals surface area contributed by atoms with Gasteiger partial charge in [-0.2, -0.15) is 0 Å². The molecule has 0 saturated heterocycles. The zero-order chi connectivity index (χ0) is 16.5. The van der Waals surface area contributed by atoms with Crippen molar-refractivity contribution in [2.45, 2.75) is 0 Å². The van der Waals surface area contributed by atoms with Crippen molar-refractivity contribution >= 4 is 33.8 Å². The molecule has 1 aliphatic rings. The van der Waals surface area contributed by atoms with E-state index in [-0.39, 0.29) is 11.2 Å². The first-order valence-electron chi connectivity index (χ1n) is 7.45. The fourth-order valence-electron chi connectivity index (χ4n) is 2.83. The molecule has 0 atom stereocenters. The largest absolute Gasteiger partial charge is 0.381 e. The lowest BCUT2D eigenvalue weighted by Crippen LogP contribution is -2.28. The maximum Gasteiger partial charge on any atom is 0.300 e. The van der Waals surface area contributed by atoms with E-state index in [1.54, 1.807) is 6.07 Å². The fourth-order valence-corrected chi connectivity index (χ4v) is 2.83. The number of nitrogens with zero attached hydrogens (tertiary/aromatic N) is 4. The molecule has 0 spiro atoms. The summed E-state index contributed by atoms with van der Waals surface area (Å²) >= 11 is 0. The van der Waals surface area contributed by atoms with E-state index < -0.39 is 4.92 Å². The van der Waals surface area contributed by atoms with Crippen LogP contribution in [0, 0.1) is 10.1 Å². The molecule has 9 nitrogen and oxygen atoms in total. The summed E-state index contributed by atoms with van der Waals surface area (Å²) in [7, 11) is 0. The summed E-state index contributed by atoms with van der Waals surface area (Å²) in [5, 5.41) is 25.0. The van der Waals surface area contributed by atoms with Gasteiger partial charge in [0.2, 0.25) is 5.52 Å². The zero-order valence-electron chi connectivity index (χ0n) is 12.6. The summed E-state index contributed by atoms with van der Waals surface area (Å²) in [6.07, 6.45) is 0. The van der Waals surface area contributed by atoms with Crippen molar-refractivity contribution in [1.29, 1.82) is 0 Å². The number of hydrogen-bond acceptors (Lipinski definition) is 8. The Morgan fingerprint density at radius 2 is 2.08 bits per heavy atom. The highest BCUT2D eigenvalue weighted by molar-refractivity contribution is 5.93. The molecule has 0 saturated carbocycles. The average molecular weight is 326 g/mol. The van der Waals surface area contributed by atoms with Crippen LogP contribution in [0.4, 0.5) is 22.7 Å². The van der Waals surface area contributed by atoms with E-state index in [0.717, 1.165) is 24.6 Å². The summed E-state index contributed by atoms with van der Waals surface area (Å²) in [5.41, 5.74) is 3.35. The van der Waals surface area contributed by atoms with E-state index in [4.69, 9.17) is 0 Å². The van der Waals surface area contributed by atoms with Crippen molar-refractivity contribution in [3.63, 3.8) is 0 Å². The van der Waals surface area contributed by atoms with Gasteiger partial charge >= 0.3 is 5.69 Å². The Bertz CT molecular complexity index is 909. The molecule has 2 aromatic carbocycles. The van der Waals surface area contributed by atoms with Crippen LogP contribution < -0.4 is 15.5 Å². The van der Waals surface area contributed by atoms with Crippen molar-refractivity contribution in [3.8, 4) is 0 Å². The molecule has 0 radical (unpaired) electrons. The smallest absolute Gasteiger partial charge is 0.300 e. The number of nitro benzene ring substituents is 1. The fraction of sp³-hybridized carbons (Fsp3) is 0.200. The molecule has 0 unspecified atom stereocenters. The van der Waals surface area contributed by atoms with E-state index in [9.17, 15) is 10.1 Å². The standard InChI is InChI=1S/C15H14N6O3/c22-21(23)13-6-5-11(14-15(13)19-24-18-14)16-7-8-20-9-17-10-3-1-2-4-12(10)20/h1-6,16-17H,7-9H2. The maximum absolute atomic E-state index is 11.0. The quantitative estimate of drug-likeness (QED) is 0.543. The minimum absolute atomic E-state index is 0.116. The van der Waals surface area contributed by atoms with Gasteiger partial charge in [0, 0.05) is 19.2 Å². The van der Waals surface area contributed by atoms with Crippen LogP contribution in [0.5, 0.6) is 0 Å². The molecule has 122 valence electrons. The first kappa shape index (κ1) is 14.2. The van der Waals surface area contributed by atoms with Gasteiger partial charge in [-0.05, 0) is 28.5 Å². The predicted octanol–water partition coefficient (Wildman–Crippen LogP) is 2.43. The minimum Gasteiger partial charge on any atom is -0.381 e. The number of non-ortho nitro benzene ring substituents is 1. The normalized spacial score (nSPS) is 12.9. The Morgan fingerprint density at radius 1 is 1.25 bits per heavy atom. The predicted molar refractivity (Wildman–Crippen MR) is 89.2 cm³/mol. The van der Waals surface area contributed by atoms with Crippen LogP contribution in [0.25, 0.3) is 11.0 Å². The number of para-hydroxylation sites is 2. The van der Waals surface area contributed by atoms with Gasteiger partial charge in [-0.15, -0.1) is 0 Å². The summed E-state index contributed by atoms with van der Waals surface area (Å²) in [4.78, 5) is 12.7. The zero-order valence-corrected chi connectivity index (χ0v) is 12.6.